The predicted molar refractivity (Wildman–Crippen MR) is 56.7 cm³/mol. The summed E-state index contributed by atoms with van der Waals surface area (Å²) < 4.78 is 0. The molecule has 0 aromatic carbocycles. The van der Waals surface area contributed by atoms with Gasteiger partial charge in [-0.2, -0.15) is 0 Å². The van der Waals surface area contributed by atoms with E-state index < -0.39 is 5.60 Å². The Morgan fingerprint density at radius 1 is 1.08 bits per heavy atom. The lowest BCUT2D eigenvalue weighted by Crippen LogP contribution is -2.35. The molecule has 1 aliphatic carbocycles. The fourth-order valence-corrected chi connectivity index (χ4v) is 1.65. The van der Waals surface area contributed by atoms with E-state index in [1.165, 1.54) is 12.8 Å². The van der Waals surface area contributed by atoms with Gasteiger partial charge in [-0.05, 0) is 43.4 Å². The third-order valence-corrected chi connectivity index (χ3v) is 3.66. The van der Waals surface area contributed by atoms with Crippen LogP contribution >= 0.6 is 0 Å². The Bertz CT molecular complexity index is 182. The van der Waals surface area contributed by atoms with Crippen LogP contribution in [0, 0.1) is 10.8 Å². The van der Waals surface area contributed by atoms with Crippen LogP contribution in [0.3, 0.4) is 0 Å². The van der Waals surface area contributed by atoms with Crippen molar-refractivity contribution >= 4 is 0 Å². The molecule has 0 aromatic heterocycles. The van der Waals surface area contributed by atoms with Gasteiger partial charge in [-0.25, -0.2) is 0 Å². The smallest absolute Gasteiger partial charge is 0.0673 e. The van der Waals surface area contributed by atoms with Crippen molar-refractivity contribution in [2.75, 3.05) is 0 Å². The Morgan fingerprint density at radius 2 is 1.54 bits per heavy atom. The van der Waals surface area contributed by atoms with Gasteiger partial charge >= 0.3 is 0 Å². The Labute approximate surface area is 82.5 Å². The maximum absolute atomic E-state index is 10.3. The maximum atomic E-state index is 10.3. The lowest BCUT2D eigenvalue weighted by Gasteiger charge is -2.33. The molecule has 13 heavy (non-hydrogen) atoms. The monoisotopic (exact) mass is 184 g/mol. The molecular formula is C12H24O. The normalized spacial score (nSPS) is 25.4. The molecule has 0 radical (unpaired) electrons. The molecule has 1 N–H and O–H groups in total. The van der Waals surface area contributed by atoms with E-state index >= 15 is 0 Å². The van der Waals surface area contributed by atoms with E-state index in [2.05, 4.69) is 27.7 Å². The van der Waals surface area contributed by atoms with Crippen molar-refractivity contribution in [3.8, 4) is 0 Å². The average molecular weight is 184 g/mol. The second-order valence-electron chi connectivity index (χ2n) is 6.40. The summed E-state index contributed by atoms with van der Waals surface area (Å²) in [6, 6.07) is 0. The fraction of sp³-hybridized carbons (Fsp3) is 1.00. The summed E-state index contributed by atoms with van der Waals surface area (Å²) >= 11 is 0. The van der Waals surface area contributed by atoms with Crippen LogP contribution in [-0.4, -0.2) is 10.7 Å². The van der Waals surface area contributed by atoms with Crippen LogP contribution in [0.1, 0.15) is 60.3 Å². The number of hydrogen-bond donors (Lipinski definition) is 1. The van der Waals surface area contributed by atoms with Crippen LogP contribution < -0.4 is 0 Å². The molecule has 1 heteroatoms. The van der Waals surface area contributed by atoms with Gasteiger partial charge < -0.3 is 5.11 Å². The summed E-state index contributed by atoms with van der Waals surface area (Å²) in [6.07, 6.45) is 4.44. The van der Waals surface area contributed by atoms with E-state index in [1.54, 1.807) is 0 Å². The Hall–Kier alpha value is -0.0400. The van der Waals surface area contributed by atoms with Crippen LogP contribution in [0.4, 0.5) is 0 Å². The Balaban J connectivity index is 2.44. The van der Waals surface area contributed by atoms with Crippen molar-refractivity contribution in [2.45, 2.75) is 65.9 Å². The van der Waals surface area contributed by atoms with Gasteiger partial charge in [-0.1, -0.05) is 27.7 Å². The Morgan fingerprint density at radius 3 is 1.85 bits per heavy atom. The second kappa shape index (κ2) is 2.98. The van der Waals surface area contributed by atoms with Crippen molar-refractivity contribution in [3.05, 3.63) is 0 Å². The highest BCUT2D eigenvalue weighted by atomic mass is 16.3. The number of rotatable bonds is 3. The van der Waals surface area contributed by atoms with E-state index in [-0.39, 0.29) is 5.41 Å². The van der Waals surface area contributed by atoms with Gasteiger partial charge in [0.05, 0.1) is 5.60 Å². The first-order valence-electron chi connectivity index (χ1n) is 5.39. The minimum atomic E-state index is -0.444. The molecule has 1 saturated carbocycles. The first kappa shape index (κ1) is 11.0. The quantitative estimate of drug-likeness (QED) is 0.713. The van der Waals surface area contributed by atoms with Crippen molar-refractivity contribution in [2.24, 2.45) is 10.8 Å². The van der Waals surface area contributed by atoms with Gasteiger partial charge in [0.2, 0.25) is 0 Å². The minimum Gasteiger partial charge on any atom is -0.390 e. The maximum Gasteiger partial charge on any atom is 0.0673 e. The number of aliphatic hydroxyl groups is 1. The zero-order valence-corrected chi connectivity index (χ0v) is 9.78. The number of hydrogen-bond acceptors (Lipinski definition) is 1. The molecule has 0 spiro atoms. The lowest BCUT2D eigenvalue weighted by molar-refractivity contribution is -0.0234. The van der Waals surface area contributed by atoms with Crippen molar-refractivity contribution < 1.29 is 5.11 Å². The zero-order valence-electron chi connectivity index (χ0n) is 9.78. The Kier molecular flexibility index (Phi) is 2.53. The molecule has 1 unspecified atom stereocenters. The van der Waals surface area contributed by atoms with Crippen LogP contribution in [0.5, 0.6) is 0 Å². The van der Waals surface area contributed by atoms with Gasteiger partial charge in [0.25, 0.3) is 0 Å². The molecule has 1 rings (SSSR count). The lowest BCUT2D eigenvalue weighted by atomic mass is 9.78. The first-order valence-corrected chi connectivity index (χ1v) is 5.39. The molecule has 0 saturated heterocycles. The molecule has 0 heterocycles. The second-order valence-corrected chi connectivity index (χ2v) is 6.40. The molecule has 78 valence electrons. The van der Waals surface area contributed by atoms with Crippen LogP contribution in [0.15, 0.2) is 0 Å². The zero-order chi connectivity index (χ0) is 10.3. The van der Waals surface area contributed by atoms with E-state index in [0.29, 0.717) is 5.41 Å². The summed E-state index contributed by atoms with van der Waals surface area (Å²) in [5.74, 6) is 0. The SMILES string of the molecule is CC(C)(C)CCC(C)(O)C1(C)CC1. The molecule has 1 aliphatic rings. The third-order valence-electron chi connectivity index (χ3n) is 3.66. The van der Waals surface area contributed by atoms with Crippen LogP contribution in [-0.2, 0) is 0 Å². The van der Waals surface area contributed by atoms with E-state index in [4.69, 9.17) is 0 Å². The van der Waals surface area contributed by atoms with E-state index in [0.717, 1.165) is 12.8 Å². The molecule has 0 aromatic rings. The van der Waals surface area contributed by atoms with E-state index in [9.17, 15) is 5.11 Å². The summed E-state index contributed by atoms with van der Waals surface area (Å²) in [5.41, 5.74) is 0.119. The summed E-state index contributed by atoms with van der Waals surface area (Å²) in [7, 11) is 0. The highest BCUT2D eigenvalue weighted by molar-refractivity contribution is 5.03. The molecule has 1 fully saturated rings. The fourth-order valence-electron chi connectivity index (χ4n) is 1.65. The van der Waals surface area contributed by atoms with Crippen molar-refractivity contribution in [1.82, 2.24) is 0 Å². The minimum absolute atomic E-state index is 0.220. The van der Waals surface area contributed by atoms with Crippen molar-refractivity contribution in [3.63, 3.8) is 0 Å². The van der Waals surface area contributed by atoms with Crippen molar-refractivity contribution in [1.29, 1.82) is 0 Å². The summed E-state index contributed by atoms with van der Waals surface area (Å²) in [5, 5.41) is 10.3. The topological polar surface area (TPSA) is 20.2 Å². The molecule has 0 amide bonds. The molecule has 0 bridgehead atoms. The molecule has 0 aliphatic heterocycles. The summed E-state index contributed by atoms with van der Waals surface area (Å²) in [4.78, 5) is 0. The highest BCUT2D eigenvalue weighted by Gasteiger charge is 2.51. The van der Waals surface area contributed by atoms with Gasteiger partial charge in [-0.15, -0.1) is 0 Å². The van der Waals surface area contributed by atoms with Gasteiger partial charge in [-0.3, -0.25) is 0 Å². The van der Waals surface area contributed by atoms with E-state index in [1.807, 2.05) is 6.92 Å². The summed E-state index contributed by atoms with van der Waals surface area (Å²) in [6.45, 7) is 10.9. The highest BCUT2D eigenvalue weighted by Crippen LogP contribution is 2.55. The van der Waals surface area contributed by atoms with Crippen LogP contribution in [0.25, 0.3) is 0 Å². The average Bonchev–Trinajstić information content (AvgIpc) is 2.64. The van der Waals surface area contributed by atoms with Gasteiger partial charge in [0, 0.05) is 0 Å². The van der Waals surface area contributed by atoms with Gasteiger partial charge in [0.15, 0.2) is 0 Å². The largest absolute Gasteiger partial charge is 0.390 e. The third kappa shape index (κ3) is 2.70. The first-order chi connectivity index (χ1) is 5.66. The molecular weight excluding hydrogens is 160 g/mol. The standard InChI is InChI=1S/C12H24O/c1-10(2,3)6-9-12(5,13)11(4)7-8-11/h13H,6-9H2,1-5H3. The predicted octanol–water partition coefficient (Wildman–Crippen LogP) is 3.36. The van der Waals surface area contributed by atoms with Crippen LogP contribution in [0.2, 0.25) is 0 Å². The molecule has 1 nitrogen and oxygen atoms in total. The molecule has 1 atom stereocenters. The van der Waals surface area contributed by atoms with Gasteiger partial charge in [0.1, 0.15) is 0 Å².